The molecular weight excluding hydrogens is 183 g/mol. The van der Waals surface area contributed by atoms with Crippen LogP contribution in [-0.2, 0) is 24.6 Å². The fraction of sp³-hybridized carbons (Fsp3) is 0.400. The van der Waals surface area contributed by atoms with Crippen molar-refractivity contribution in [2.24, 2.45) is 0 Å². The first-order chi connectivity index (χ1) is 5.83. The Kier molecular flexibility index (Phi) is 3.84. The van der Waals surface area contributed by atoms with Crippen LogP contribution in [0.3, 0.4) is 0 Å². The second-order valence-corrected chi connectivity index (χ2v) is 3.93. The van der Waals surface area contributed by atoms with E-state index in [4.69, 9.17) is 11.8 Å². The Labute approximate surface area is 80.8 Å². The average Bonchev–Trinajstić information content (AvgIpc) is 2.16. The normalized spacial score (nSPS) is 10.5. The van der Waals surface area contributed by atoms with Crippen LogP contribution < -0.4 is 5.30 Å². The van der Waals surface area contributed by atoms with Crippen LogP contribution in [0, 0.1) is 0 Å². The van der Waals surface area contributed by atoms with Crippen LogP contribution in [-0.4, -0.2) is 0 Å². The van der Waals surface area contributed by atoms with Gasteiger partial charge in [0.05, 0.1) is 0 Å². The lowest BCUT2D eigenvalue weighted by molar-refractivity contribution is 1.05. The van der Waals surface area contributed by atoms with Crippen molar-refractivity contribution in [3.63, 3.8) is 0 Å². The van der Waals surface area contributed by atoms with Gasteiger partial charge in [-0.2, -0.15) is 0 Å². The zero-order valence-corrected chi connectivity index (χ0v) is 9.21. The summed E-state index contributed by atoms with van der Waals surface area (Å²) < 4.78 is 0. The van der Waals surface area contributed by atoms with E-state index in [1.54, 1.807) is 0 Å². The van der Waals surface area contributed by atoms with Gasteiger partial charge in [0.15, 0.2) is 0 Å². The van der Waals surface area contributed by atoms with Gasteiger partial charge in [0.2, 0.25) is 0 Å². The van der Waals surface area contributed by atoms with Crippen molar-refractivity contribution in [1.82, 2.24) is 0 Å². The summed E-state index contributed by atoms with van der Waals surface area (Å²) in [5.41, 5.74) is 2.91. The Morgan fingerprint density at radius 1 is 1.25 bits per heavy atom. The van der Waals surface area contributed by atoms with Gasteiger partial charge in [-0.1, -0.05) is 37.8 Å². The summed E-state index contributed by atoms with van der Waals surface area (Å²) in [6, 6.07) is 6.43. The molecule has 0 fully saturated rings. The van der Waals surface area contributed by atoms with E-state index in [-0.39, 0.29) is 0 Å². The van der Waals surface area contributed by atoms with Crippen LogP contribution >= 0.6 is 7.36 Å². The highest BCUT2D eigenvalue weighted by atomic mass is 32.4. The van der Waals surface area contributed by atoms with Crippen molar-refractivity contribution in [3.05, 3.63) is 29.3 Å². The summed E-state index contributed by atoms with van der Waals surface area (Å²) in [7, 11) is 0.976. The number of rotatable bonds is 3. The molecule has 1 rings (SSSR count). The van der Waals surface area contributed by atoms with Gasteiger partial charge in [-0.15, -0.1) is 0 Å². The molecule has 0 radical (unpaired) electrons. The maximum Gasteiger partial charge on any atom is 0.0162 e. The summed E-state index contributed by atoms with van der Waals surface area (Å²) >= 11 is 5.05. The standard InChI is InChI=1S/C10H13PS/c1-3-8-6-5-7-10(11-12)9(8)4-2/h5-7H,3-4H2,1-2H3. The van der Waals surface area contributed by atoms with E-state index in [1.165, 1.54) is 16.4 Å². The molecule has 0 atom stereocenters. The number of hydrogen-bond donors (Lipinski definition) is 0. The highest BCUT2D eigenvalue weighted by molar-refractivity contribution is 7.99. The lowest BCUT2D eigenvalue weighted by Crippen LogP contribution is -2.04. The Hall–Kier alpha value is -0.260. The van der Waals surface area contributed by atoms with E-state index in [9.17, 15) is 0 Å². The van der Waals surface area contributed by atoms with Gasteiger partial charge in [-0.05, 0) is 30.0 Å². The van der Waals surface area contributed by atoms with Crippen molar-refractivity contribution in [2.45, 2.75) is 26.7 Å². The van der Waals surface area contributed by atoms with E-state index < -0.39 is 0 Å². The SMILES string of the molecule is CCc1cccc(P=S)c1CC. The van der Waals surface area contributed by atoms with Gasteiger partial charge in [0.25, 0.3) is 0 Å². The molecule has 0 heterocycles. The smallest absolute Gasteiger partial charge is 0.0162 e. The molecule has 1 aromatic rings. The minimum Gasteiger partial charge on any atom is -0.0613 e. The Morgan fingerprint density at radius 2 is 2.00 bits per heavy atom. The van der Waals surface area contributed by atoms with E-state index in [0.29, 0.717) is 0 Å². The summed E-state index contributed by atoms with van der Waals surface area (Å²) in [6.45, 7) is 4.39. The second-order valence-electron chi connectivity index (χ2n) is 2.71. The molecule has 0 aromatic heterocycles. The van der Waals surface area contributed by atoms with Crippen LogP contribution in [0.2, 0.25) is 0 Å². The minimum atomic E-state index is 0.976. The van der Waals surface area contributed by atoms with Gasteiger partial charge in [0, 0.05) is 12.7 Å². The molecule has 64 valence electrons. The summed E-state index contributed by atoms with van der Waals surface area (Å²) in [6.07, 6.45) is 2.21. The third-order valence-corrected chi connectivity index (χ3v) is 3.29. The molecule has 0 aliphatic carbocycles. The lowest BCUT2D eigenvalue weighted by Gasteiger charge is -2.07. The second kappa shape index (κ2) is 4.69. The first-order valence-electron chi connectivity index (χ1n) is 4.27. The van der Waals surface area contributed by atoms with Gasteiger partial charge in [0.1, 0.15) is 0 Å². The van der Waals surface area contributed by atoms with Crippen LogP contribution in [0.4, 0.5) is 0 Å². The van der Waals surface area contributed by atoms with E-state index in [2.05, 4.69) is 32.0 Å². The summed E-state index contributed by atoms with van der Waals surface area (Å²) in [4.78, 5) is 0. The number of aryl methyl sites for hydroxylation is 1. The fourth-order valence-electron chi connectivity index (χ4n) is 1.45. The third-order valence-electron chi connectivity index (χ3n) is 2.08. The van der Waals surface area contributed by atoms with Crippen LogP contribution in [0.25, 0.3) is 0 Å². The molecule has 0 spiro atoms. The fourth-order valence-corrected chi connectivity index (χ4v) is 2.52. The van der Waals surface area contributed by atoms with Crippen molar-refractivity contribution in [3.8, 4) is 0 Å². The van der Waals surface area contributed by atoms with Crippen molar-refractivity contribution < 1.29 is 0 Å². The molecule has 0 nitrogen and oxygen atoms in total. The Morgan fingerprint density at radius 3 is 2.50 bits per heavy atom. The highest BCUT2D eigenvalue weighted by Crippen LogP contribution is 2.12. The summed E-state index contributed by atoms with van der Waals surface area (Å²) in [5, 5.41) is 1.31. The molecule has 1 aromatic carbocycles. The molecule has 0 aliphatic heterocycles. The number of hydrogen-bond acceptors (Lipinski definition) is 1. The molecule has 0 amide bonds. The topological polar surface area (TPSA) is 0 Å². The van der Waals surface area contributed by atoms with Gasteiger partial charge in [-0.3, -0.25) is 0 Å². The largest absolute Gasteiger partial charge is 0.0613 e. The van der Waals surface area contributed by atoms with E-state index in [1.807, 2.05) is 0 Å². The molecule has 0 saturated carbocycles. The Bertz CT molecular complexity index is 281. The first kappa shape index (κ1) is 9.83. The van der Waals surface area contributed by atoms with Crippen molar-refractivity contribution in [2.75, 3.05) is 0 Å². The quantitative estimate of drug-likeness (QED) is 0.670. The summed E-state index contributed by atoms with van der Waals surface area (Å²) in [5.74, 6) is 0. The average molecular weight is 196 g/mol. The van der Waals surface area contributed by atoms with E-state index >= 15 is 0 Å². The Balaban J connectivity index is 3.21. The third kappa shape index (κ3) is 1.91. The molecule has 0 aliphatic rings. The monoisotopic (exact) mass is 196 g/mol. The van der Waals surface area contributed by atoms with Gasteiger partial charge >= 0.3 is 0 Å². The molecule has 0 saturated heterocycles. The van der Waals surface area contributed by atoms with Crippen molar-refractivity contribution in [1.29, 1.82) is 0 Å². The predicted molar refractivity (Wildman–Crippen MR) is 59.1 cm³/mol. The van der Waals surface area contributed by atoms with E-state index in [0.717, 1.165) is 20.2 Å². The lowest BCUT2D eigenvalue weighted by atomic mass is 10.0. The van der Waals surface area contributed by atoms with Crippen LogP contribution in [0.5, 0.6) is 0 Å². The zero-order valence-electron chi connectivity index (χ0n) is 7.50. The zero-order chi connectivity index (χ0) is 8.97. The molecule has 0 N–H and O–H groups in total. The molecule has 0 bridgehead atoms. The molecule has 0 unspecified atom stereocenters. The number of benzene rings is 1. The predicted octanol–water partition coefficient (Wildman–Crippen LogP) is 2.84. The maximum atomic E-state index is 5.05. The minimum absolute atomic E-state index is 0.976. The highest BCUT2D eigenvalue weighted by Gasteiger charge is 2.02. The van der Waals surface area contributed by atoms with Crippen LogP contribution in [0.15, 0.2) is 18.2 Å². The first-order valence-corrected chi connectivity index (χ1v) is 6.18. The van der Waals surface area contributed by atoms with Crippen LogP contribution in [0.1, 0.15) is 25.0 Å². The van der Waals surface area contributed by atoms with Crippen molar-refractivity contribution >= 4 is 24.5 Å². The van der Waals surface area contributed by atoms with Gasteiger partial charge in [-0.25, -0.2) is 0 Å². The molecular formula is C10H13PS. The molecule has 12 heavy (non-hydrogen) atoms. The maximum absolute atomic E-state index is 5.05. The molecule has 2 heteroatoms. The van der Waals surface area contributed by atoms with Gasteiger partial charge < -0.3 is 0 Å².